The summed E-state index contributed by atoms with van der Waals surface area (Å²) >= 11 is 0. The molecule has 1 aliphatic rings. The Labute approximate surface area is 152 Å². The molecular weight excluding hydrogens is 330 g/mol. The molecule has 0 amide bonds. The SMILES string of the molecule is C=CC(=O)OCC1=COC(c2ccc(C=Cc3cc[n+](C)cc3)cc2)O1. The summed E-state index contributed by atoms with van der Waals surface area (Å²) in [6.07, 6.45) is 10.2. The van der Waals surface area contributed by atoms with E-state index in [4.69, 9.17) is 14.2 Å². The van der Waals surface area contributed by atoms with Gasteiger partial charge in [-0.15, -0.1) is 0 Å². The molecule has 0 aliphatic carbocycles. The maximum absolute atomic E-state index is 11.1. The maximum atomic E-state index is 11.1. The molecule has 1 unspecified atom stereocenters. The summed E-state index contributed by atoms with van der Waals surface area (Å²) in [7, 11) is 1.99. The monoisotopic (exact) mass is 350 g/mol. The number of pyridine rings is 1. The first kappa shape index (κ1) is 17.5. The van der Waals surface area contributed by atoms with Gasteiger partial charge in [0.2, 0.25) is 0 Å². The molecule has 5 nitrogen and oxygen atoms in total. The topological polar surface area (TPSA) is 48.6 Å². The molecule has 0 saturated carbocycles. The molecule has 0 N–H and O–H groups in total. The smallest absolute Gasteiger partial charge is 0.330 e. The highest BCUT2D eigenvalue weighted by Gasteiger charge is 2.22. The average molecular weight is 350 g/mol. The van der Waals surface area contributed by atoms with Crippen LogP contribution in [0.2, 0.25) is 0 Å². The lowest BCUT2D eigenvalue weighted by atomic mass is 10.1. The minimum absolute atomic E-state index is 0.0248. The molecule has 1 aliphatic heterocycles. The molecule has 0 fully saturated rings. The Hall–Kier alpha value is -3.34. The molecule has 0 radical (unpaired) electrons. The van der Waals surface area contributed by atoms with Gasteiger partial charge in [0.15, 0.2) is 24.8 Å². The Bertz CT molecular complexity index is 835. The van der Waals surface area contributed by atoms with Crippen LogP contribution in [0.5, 0.6) is 0 Å². The highest BCUT2D eigenvalue weighted by molar-refractivity contribution is 5.81. The zero-order valence-corrected chi connectivity index (χ0v) is 14.5. The number of aromatic nitrogens is 1. The molecule has 0 bridgehead atoms. The second-order valence-corrected chi connectivity index (χ2v) is 5.78. The lowest BCUT2D eigenvalue weighted by molar-refractivity contribution is -0.671. The van der Waals surface area contributed by atoms with Gasteiger partial charge in [-0.05, 0) is 11.1 Å². The third kappa shape index (κ3) is 4.60. The molecule has 5 heteroatoms. The zero-order chi connectivity index (χ0) is 18.4. The lowest BCUT2D eigenvalue weighted by Gasteiger charge is -2.12. The van der Waals surface area contributed by atoms with Crippen molar-refractivity contribution in [2.24, 2.45) is 7.05 Å². The summed E-state index contributed by atoms with van der Waals surface area (Å²) in [6.45, 7) is 3.37. The predicted octanol–water partition coefficient (Wildman–Crippen LogP) is 3.30. The number of benzene rings is 1. The Morgan fingerprint density at radius 2 is 1.81 bits per heavy atom. The van der Waals surface area contributed by atoms with E-state index in [0.29, 0.717) is 5.76 Å². The number of hydrogen-bond donors (Lipinski definition) is 0. The molecule has 26 heavy (non-hydrogen) atoms. The van der Waals surface area contributed by atoms with Crippen LogP contribution in [-0.2, 0) is 26.1 Å². The van der Waals surface area contributed by atoms with Gasteiger partial charge in [-0.3, -0.25) is 0 Å². The number of carbonyl (C=O) groups is 1. The normalized spacial score (nSPS) is 15.9. The van der Waals surface area contributed by atoms with Crippen molar-refractivity contribution in [1.82, 2.24) is 0 Å². The van der Waals surface area contributed by atoms with E-state index in [1.165, 1.54) is 6.26 Å². The van der Waals surface area contributed by atoms with Crippen molar-refractivity contribution < 1.29 is 23.6 Å². The molecule has 1 atom stereocenters. The average Bonchev–Trinajstić information content (AvgIpc) is 3.15. The first-order chi connectivity index (χ1) is 12.6. The number of aryl methyl sites for hydroxylation is 1. The number of rotatable bonds is 6. The van der Waals surface area contributed by atoms with Crippen LogP contribution >= 0.6 is 0 Å². The lowest BCUT2D eigenvalue weighted by Crippen LogP contribution is -2.25. The van der Waals surface area contributed by atoms with Crippen LogP contribution in [0.4, 0.5) is 0 Å². The van der Waals surface area contributed by atoms with E-state index in [9.17, 15) is 4.79 Å². The van der Waals surface area contributed by atoms with Crippen LogP contribution in [0.3, 0.4) is 0 Å². The highest BCUT2D eigenvalue weighted by Crippen LogP contribution is 2.28. The standard InChI is InChI=1S/C21H20NO4/c1-3-20(23)24-14-19-15-25-21(26-19)18-8-6-16(7-9-18)4-5-17-10-12-22(2)13-11-17/h3-13,15,21H,1,14H2,2H3/q+1. The van der Waals surface area contributed by atoms with Crippen LogP contribution in [-0.4, -0.2) is 12.6 Å². The van der Waals surface area contributed by atoms with Gasteiger partial charge in [0.1, 0.15) is 13.3 Å². The largest absolute Gasteiger partial charge is 0.455 e. The van der Waals surface area contributed by atoms with E-state index in [-0.39, 0.29) is 6.61 Å². The van der Waals surface area contributed by atoms with Crippen molar-refractivity contribution in [3.8, 4) is 0 Å². The second-order valence-electron chi connectivity index (χ2n) is 5.78. The van der Waals surface area contributed by atoms with E-state index in [1.807, 2.05) is 54.3 Å². The van der Waals surface area contributed by atoms with Crippen molar-refractivity contribution >= 4 is 18.1 Å². The minimum Gasteiger partial charge on any atom is -0.455 e. The van der Waals surface area contributed by atoms with Gasteiger partial charge in [0.25, 0.3) is 6.29 Å². The summed E-state index contributed by atoms with van der Waals surface area (Å²) < 4.78 is 18.0. The number of nitrogens with zero attached hydrogens (tertiary/aromatic N) is 1. The molecule has 2 aromatic rings. The summed E-state index contributed by atoms with van der Waals surface area (Å²) in [5.41, 5.74) is 3.10. The Kier molecular flexibility index (Phi) is 5.49. The fraction of sp³-hybridized carbons (Fsp3) is 0.143. The van der Waals surface area contributed by atoms with Gasteiger partial charge in [-0.25, -0.2) is 9.36 Å². The van der Waals surface area contributed by atoms with Gasteiger partial charge in [0, 0.05) is 23.8 Å². The zero-order valence-electron chi connectivity index (χ0n) is 14.5. The summed E-state index contributed by atoms with van der Waals surface area (Å²) in [4.78, 5) is 11.1. The van der Waals surface area contributed by atoms with E-state index < -0.39 is 12.3 Å². The quantitative estimate of drug-likeness (QED) is 0.456. The molecule has 132 valence electrons. The van der Waals surface area contributed by atoms with Crippen molar-refractivity contribution in [2.75, 3.05) is 6.61 Å². The fourth-order valence-corrected chi connectivity index (χ4v) is 2.33. The van der Waals surface area contributed by atoms with Crippen LogP contribution in [0.1, 0.15) is 23.0 Å². The van der Waals surface area contributed by atoms with Crippen LogP contribution in [0.25, 0.3) is 12.2 Å². The third-order valence-electron chi connectivity index (χ3n) is 3.79. The molecule has 0 spiro atoms. The summed E-state index contributed by atoms with van der Waals surface area (Å²) in [5, 5.41) is 0. The number of carbonyl (C=O) groups excluding carboxylic acids is 1. The number of ether oxygens (including phenoxy) is 3. The molecule has 0 saturated heterocycles. The van der Waals surface area contributed by atoms with E-state index in [2.05, 4.69) is 24.8 Å². The van der Waals surface area contributed by atoms with Crippen LogP contribution in [0, 0.1) is 0 Å². The van der Waals surface area contributed by atoms with E-state index in [0.717, 1.165) is 22.8 Å². The van der Waals surface area contributed by atoms with Gasteiger partial charge in [-0.1, -0.05) is 43.0 Å². The van der Waals surface area contributed by atoms with Gasteiger partial charge in [0.05, 0.1) is 0 Å². The van der Waals surface area contributed by atoms with Crippen molar-refractivity contribution in [3.05, 3.63) is 90.2 Å². The van der Waals surface area contributed by atoms with Gasteiger partial charge >= 0.3 is 5.97 Å². The number of hydrogen-bond acceptors (Lipinski definition) is 4. The Morgan fingerprint density at radius 3 is 2.46 bits per heavy atom. The highest BCUT2D eigenvalue weighted by atomic mass is 16.7. The second kappa shape index (κ2) is 8.16. The minimum atomic E-state index is -0.528. The molecular formula is C21H20NO4+. The van der Waals surface area contributed by atoms with Crippen molar-refractivity contribution in [2.45, 2.75) is 6.29 Å². The first-order valence-corrected chi connectivity index (χ1v) is 8.18. The van der Waals surface area contributed by atoms with E-state index in [1.54, 1.807) is 0 Å². The maximum Gasteiger partial charge on any atom is 0.330 e. The van der Waals surface area contributed by atoms with Crippen LogP contribution in [0.15, 0.2) is 73.5 Å². The van der Waals surface area contributed by atoms with Gasteiger partial charge in [-0.2, -0.15) is 0 Å². The number of esters is 1. The third-order valence-corrected chi connectivity index (χ3v) is 3.79. The fourth-order valence-electron chi connectivity index (χ4n) is 2.33. The molecule has 3 rings (SSSR count). The van der Waals surface area contributed by atoms with Gasteiger partial charge < -0.3 is 14.2 Å². The summed E-state index contributed by atoms with van der Waals surface area (Å²) in [6, 6.07) is 12.0. The first-order valence-electron chi connectivity index (χ1n) is 8.18. The molecule has 1 aromatic carbocycles. The Balaban J connectivity index is 1.56. The van der Waals surface area contributed by atoms with Crippen LogP contribution < -0.4 is 4.57 Å². The molecule has 1 aromatic heterocycles. The van der Waals surface area contributed by atoms with Crippen molar-refractivity contribution in [1.29, 1.82) is 0 Å². The predicted molar refractivity (Wildman–Crippen MR) is 97.1 cm³/mol. The molecule has 2 heterocycles. The van der Waals surface area contributed by atoms with E-state index >= 15 is 0 Å². The van der Waals surface area contributed by atoms with Crippen molar-refractivity contribution in [3.63, 3.8) is 0 Å². The summed E-state index contributed by atoms with van der Waals surface area (Å²) in [5.74, 6) is -0.0346. The Morgan fingerprint density at radius 1 is 1.15 bits per heavy atom.